The van der Waals surface area contributed by atoms with Crippen molar-refractivity contribution in [2.75, 3.05) is 0 Å². The van der Waals surface area contributed by atoms with E-state index in [1.807, 2.05) is 0 Å². The molecule has 0 aromatic heterocycles. The third kappa shape index (κ3) is 1.45. The van der Waals surface area contributed by atoms with Gasteiger partial charge in [0.1, 0.15) is 0 Å². The van der Waals surface area contributed by atoms with Crippen molar-refractivity contribution < 1.29 is 0 Å². The summed E-state index contributed by atoms with van der Waals surface area (Å²) in [5, 5.41) is 0. The Kier molecular flexibility index (Phi) is 1.87. The van der Waals surface area contributed by atoms with Crippen LogP contribution in [0.5, 0.6) is 0 Å². The number of hydrogen-bond acceptors (Lipinski definition) is 0. The Morgan fingerprint density at radius 1 is 1.31 bits per heavy atom. The third-order valence-corrected chi connectivity index (χ3v) is 4.15. The van der Waals surface area contributed by atoms with E-state index in [4.69, 9.17) is 0 Å². The summed E-state index contributed by atoms with van der Waals surface area (Å²) in [7, 11) is 0. The molecule has 0 aliphatic heterocycles. The van der Waals surface area contributed by atoms with E-state index in [2.05, 4.69) is 33.8 Å². The summed E-state index contributed by atoms with van der Waals surface area (Å²) in [6.07, 6.45) is 8.37. The lowest BCUT2D eigenvalue weighted by Gasteiger charge is -2.33. The Balaban J connectivity index is 2.24. The van der Waals surface area contributed by atoms with Gasteiger partial charge in [0.2, 0.25) is 0 Å². The van der Waals surface area contributed by atoms with Gasteiger partial charge in [-0.05, 0) is 56.3 Å². The minimum atomic E-state index is 0.604. The van der Waals surface area contributed by atoms with Crippen LogP contribution < -0.4 is 0 Å². The highest BCUT2D eigenvalue weighted by atomic mass is 14.6. The van der Waals surface area contributed by atoms with Gasteiger partial charge < -0.3 is 0 Å². The van der Waals surface area contributed by atoms with E-state index in [0.717, 1.165) is 5.92 Å². The molecule has 0 spiro atoms. The molecule has 2 bridgehead atoms. The van der Waals surface area contributed by atoms with Crippen LogP contribution in [0.15, 0.2) is 11.6 Å². The van der Waals surface area contributed by atoms with Crippen molar-refractivity contribution in [2.45, 2.75) is 53.4 Å². The van der Waals surface area contributed by atoms with Gasteiger partial charge in [0.05, 0.1) is 0 Å². The molecule has 0 aromatic rings. The van der Waals surface area contributed by atoms with Gasteiger partial charge in [0.25, 0.3) is 0 Å². The van der Waals surface area contributed by atoms with E-state index in [1.54, 1.807) is 0 Å². The second-order valence-electron chi connectivity index (χ2n) is 6.19. The highest BCUT2D eigenvalue weighted by Crippen LogP contribution is 2.63. The normalized spacial score (nSPS) is 40.8. The largest absolute Gasteiger partial charge is 0.0799 e. The molecule has 2 aliphatic carbocycles. The summed E-state index contributed by atoms with van der Waals surface area (Å²) in [6, 6.07) is 0. The van der Waals surface area contributed by atoms with Crippen LogP contribution in [0.25, 0.3) is 0 Å². The van der Waals surface area contributed by atoms with Crippen molar-refractivity contribution in [1.82, 2.24) is 0 Å². The van der Waals surface area contributed by atoms with E-state index in [1.165, 1.54) is 31.3 Å². The maximum absolute atomic E-state index is 2.56. The smallest absolute Gasteiger partial charge is 0.0108 e. The van der Waals surface area contributed by atoms with Gasteiger partial charge in [-0.15, -0.1) is 0 Å². The molecule has 0 heteroatoms. The first kappa shape index (κ1) is 9.30. The lowest BCUT2D eigenvalue weighted by Crippen LogP contribution is -2.23. The summed E-state index contributed by atoms with van der Waals surface area (Å²) in [4.78, 5) is 0. The molecule has 0 heterocycles. The van der Waals surface area contributed by atoms with Crippen molar-refractivity contribution in [3.05, 3.63) is 11.6 Å². The predicted octanol–water partition coefficient (Wildman–Crippen LogP) is 4.17. The quantitative estimate of drug-likeness (QED) is 0.529. The monoisotopic (exact) mass is 178 g/mol. The Bertz CT molecular complexity index is 243. The summed E-state index contributed by atoms with van der Waals surface area (Å²) >= 11 is 0. The van der Waals surface area contributed by atoms with Crippen molar-refractivity contribution in [3.8, 4) is 0 Å². The molecule has 2 aliphatic rings. The van der Waals surface area contributed by atoms with Gasteiger partial charge in [-0.3, -0.25) is 0 Å². The molecule has 2 unspecified atom stereocenters. The first-order valence-electron chi connectivity index (χ1n) is 5.60. The zero-order chi connectivity index (χ0) is 9.69. The van der Waals surface area contributed by atoms with Crippen LogP contribution in [0.1, 0.15) is 53.4 Å². The van der Waals surface area contributed by atoms with Crippen LogP contribution in [-0.2, 0) is 0 Å². The molecule has 0 saturated heterocycles. The van der Waals surface area contributed by atoms with E-state index in [0.29, 0.717) is 10.8 Å². The van der Waals surface area contributed by atoms with E-state index in [9.17, 15) is 0 Å². The van der Waals surface area contributed by atoms with Gasteiger partial charge in [0.15, 0.2) is 0 Å². The van der Waals surface area contributed by atoms with Crippen LogP contribution in [-0.4, -0.2) is 0 Å². The zero-order valence-corrected chi connectivity index (χ0v) is 9.48. The van der Waals surface area contributed by atoms with Gasteiger partial charge in [-0.25, -0.2) is 0 Å². The summed E-state index contributed by atoms with van der Waals surface area (Å²) in [6.45, 7) is 9.40. The van der Waals surface area contributed by atoms with Crippen LogP contribution in [0.3, 0.4) is 0 Å². The number of hydrogen-bond donors (Lipinski definition) is 0. The fraction of sp³-hybridized carbons (Fsp3) is 0.846. The Morgan fingerprint density at radius 3 is 2.38 bits per heavy atom. The summed E-state index contributed by atoms with van der Waals surface area (Å²) < 4.78 is 0. The zero-order valence-electron chi connectivity index (χ0n) is 9.48. The van der Waals surface area contributed by atoms with Gasteiger partial charge in [-0.2, -0.15) is 0 Å². The second-order valence-corrected chi connectivity index (χ2v) is 6.19. The molecular weight excluding hydrogens is 156 g/mol. The fourth-order valence-electron chi connectivity index (χ4n) is 3.83. The average Bonchev–Trinajstić information content (AvgIpc) is 2.37. The van der Waals surface area contributed by atoms with Crippen molar-refractivity contribution >= 4 is 0 Å². The van der Waals surface area contributed by atoms with Gasteiger partial charge in [-0.1, -0.05) is 25.5 Å². The SMILES string of the molecule is CC(C)=CC12CCC(C1)C(C)(C)C2. The molecule has 0 nitrogen and oxygen atoms in total. The molecule has 2 rings (SSSR count). The van der Waals surface area contributed by atoms with Crippen molar-refractivity contribution in [3.63, 3.8) is 0 Å². The van der Waals surface area contributed by atoms with Crippen molar-refractivity contribution in [1.29, 1.82) is 0 Å². The highest BCUT2D eigenvalue weighted by Gasteiger charge is 2.52. The Hall–Kier alpha value is -0.260. The average molecular weight is 178 g/mol. The minimum Gasteiger partial charge on any atom is -0.0799 e. The molecule has 0 radical (unpaired) electrons. The number of rotatable bonds is 1. The fourth-order valence-corrected chi connectivity index (χ4v) is 3.83. The Morgan fingerprint density at radius 2 is 2.00 bits per heavy atom. The van der Waals surface area contributed by atoms with Crippen LogP contribution in [0.2, 0.25) is 0 Å². The second kappa shape index (κ2) is 2.62. The molecule has 74 valence electrons. The molecule has 0 amide bonds. The van der Waals surface area contributed by atoms with Gasteiger partial charge in [0, 0.05) is 0 Å². The standard InChI is InChI=1S/C13H22/c1-10(2)7-13-6-5-11(8-13)12(3,4)9-13/h7,11H,5-6,8-9H2,1-4H3. The Labute approximate surface area is 82.4 Å². The van der Waals surface area contributed by atoms with Crippen LogP contribution in [0.4, 0.5) is 0 Å². The number of allylic oxidation sites excluding steroid dienone is 2. The van der Waals surface area contributed by atoms with Gasteiger partial charge >= 0.3 is 0 Å². The van der Waals surface area contributed by atoms with Crippen LogP contribution in [0, 0.1) is 16.7 Å². The third-order valence-electron chi connectivity index (χ3n) is 4.15. The van der Waals surface area contributed by atoms with E-state index < -0.39 is 0 Å². The highest BCUT2D eigenvalue weighted by molar-refractivity contribution is 5.15. The first-order valence-corrected chi connectivity index (χ1v) is 5.60. The predicted molar refractivity (Wildman–Crippen MR) is 57.6 cm³/mol. The molecule has 0 aromatic carbocycles. The molecular formula is C13H22. The molecule has 0 N–H and O–H groups in total. The molecule has 2 saturated carbocycles. The first-order chi connectivity index (χ1) is 5.94. The lowest BCUT2D eigenvalue weighted by molar-refractivity contribution is 0.195. The van der Waals surface area contributed by atoms with Crippen molar-refractivity contribution in [2.24, 2.45) is 16.7 Å². The van der Waals surface area contributed by atoms with E-state index in [-0.39, 0.29) is 0 Å². The molecule has 2 fully saturated rings. The summed E-state index contributed by atoms with van der Waals surface area (Å²) in [5.41, 5.74) is 2.73. The van der Waals surface area contributed by atoms with Crippen LogP contribution >= 0.6 is 0 Å². The molecule has 13 heavy (non-hydrogen) atoms. The maximum Gasteiger partial charge on any atom is -0.0108 e. The maximum atomic E-state index is 2.56. The lowest BCUT2D eigenvalue weighted by atomic mass is 9.72. The minimum absolute atomic E-state index is 0.604. The number of fused-ring (bicyclic) bond motifs is 2. The summed E-state index contributed by atoms with van der Waals surface area (Å²) in [5.74, 6) is 1.00. The molecule has 2 atom stereocenters. The van der Waals surface area contributed by atoms with E-state index >= 15 is 0 Å². The topological polar surface area (TPSA) is 0 Å².